The van der Waals surface area contributed by atoms with Crippen LogP contribution in [-0.2, 0) is 0 Å². The molecule has 36 heavy (non-hydrogen) atoms. The zero-order chi connectivity index (χ0) is 25.8. The predicted octanol–water partition coefficient (Wildman–Crippen LogP) is 3.87. The summed E-state index contributed by atoms with van der Waals surface area (Å²) in [5.74, 6) is -3.90. The average molecular weight is 510 g/mol. The molecular weight excluding hydrogens is 487 g/mol. The second-order valence-corrected chi connectivity index (χ2v) is 8.89. The lowest BCUT2D eigenvalue weighted by atomic mass is 10.0. The van der Waals surface area contributed by atoms with Crippen molar-refractivity contribution in [2.75, 3.05) is 32.6 Å². The van der Waals surface area contributed by atoms with E-state index in [1.807, 2.05) is 0 Å². The monoisotopic (exact) mass is 510 g/mol. The molecule has 1 fully saturated rings. The molecule has 1 N–H and O–H groups in total. The maximum absolute atomic E-state index is 15.2. The minimum absolute atomic E-state index is 0.0460. The van der Waals surface area contributed by atoms with Crippen molar-refractivity contribution >= 4 is 22.5 Å². The molecule has 1 aromatic carbocycles. The molecule has 0 amide bonds. The summed E-state index contributed by atoms with van der Waals surface area (Å²) in [6.07, 6.45) is -1.44. The van der Waals surface area contributed by atoms with Gasteiger partial charge in [-0.25, -0.2) is 31.1 Å². The van der Waals surface area contributed by atoms with E-state index in [2.05, 4.69) is 25.7 Å². The first-order valence-electron chi connectivity index (χ1n) is 11.2. The van der Waals surface area contributed by atoms with Crippen molar-refractivity contribution in [2.24, 2.45) is 0 Å². The van der Waals surface area contributed by atoms with Gasteiger partial charge in [-0.05, 0) is 38.1 Å². The Labute approximate surface area is 201 Å². The van der Waals surface area contributed by atoms with Crippen LogP contribution in [0.5, 0.6) is 5.88 Å². The van der Waals surface area contributed by atoms with E-state index in [0.717, 1.165) is 15.4 Å². The fourth-order valence-electron chi connectivity index (χ4n) is 4.44. The van der Waals surface area contributed by atoms with Gasteiger partial charge < -0.3 is 15.0 Å². The molecule has 1 aliphatic rings. The highest BCUT2D eigenvalue weighted by molar-refractivity contribution is 5.89. The van der Waals surface area contributed by atoms with Gasteiger partial charge in [0.1, 0.15) is 17.1 Å². The molecule has 0 saturated carbocycles. The number of hydrogen-bond donors (Lipinski definition) is 1. The van der Waals surface area contributed by atoms with Gasteiger partial charge in [0.15, 0.2) is 5.82 Å². The summed E-state index contributed by atoms with van der Waals surface area (Å²) in [6.45, 7) is 1.36. The number of rotatable bonds is 6. The van der Waals surface area contributed by atoms with Crippen LogP contribution < -0.4 is 10.1 Å². The summed E-state index contributed by atoms with van der Waals surface area (Å²) in [6, 6.07) is 2.16. The Balaban J connectivity index is 1.57. The molecule has 0 spiro atoms. The number of piperidine rings is 1. The van der Waals surface area contributed by atoms with E-state index >= 15 is 4.39 Å². The number of anilines is 1. The third-order valence-corrected chi connectivity index (χ3v) is 6.35. The Morgan fingerprint density at radius 3 is 2.72 bits per heavy atom. The zero-order valence-electron chi connectivity index (χ0n) is 19.6. The number of nitrogens with one attached hydrogen (secondary N) is 1. The fourth-order valence-corrected chi connectivity index (χ4v) is 4.44. The second kappa shape index (κ2) is 8.84. The number of ether oxygens (including phenoxy) is 1. The van der Waals surface area contributed by atoms with Crippen LogP contribution in [0.4, 0.5) is 27.9 Å². The minimum atomic E-state index is -3.02. The van der Waals surface area contributed by atoms with Gasteiger partial charge in [-0.3, -0.25) is 0 Å². The number of fused-ring (bicyclic) bond motifs is 2. The number of alkyl halides is 4. The van der Waals surface area contributed by atoms with E-state index in [1.165, 1.54) is 25.0 Å². The predicted molar refractivity (Wildman–Crippen MR) is 121 cm³/mol. The lowest BCUT2D eigenvalue weighted by Crippen LogP contribution is -2.53. The number of benzene rings is 1. The van der Waals surface area contributed by atoms with Crippen LogP contribution in [0, 0.1) is 5.82 Å². The number of hydrogen-bond acceptors (Lipinski definition) is 7. The molecule has 0 bridgehead atoms. The Bertz CT molecular complexity index is 1420. The summed E-state index contributed by atoms with van der Waals surface area (Å²) in [4.78, 5) is 5.75. The molecule has 14 heteroatoms. The number of likely N-dealkylation sites (tertiary alicyclic amines) is 1. The van der Waals surface area contributed by atoms with Gasteiger partial charge in [0.05, 0.1) is 37.0 Å². The topological polar surface area (TPSA) is 85.4 Å². The van der Waals surface area contributed by atoms with E-state index in [0.29, 0.717) is 23.1 Å². The Morgan fingerprint density at radius 1 is 1.25 bits per heavy atom. The van der Waals surface area contributed by atoms with Crippen molar-refractivity contribution < 1.29 is 26.7 Å². The number of aromatic nitrogens is 6. The smallest absolute Gasteiger partial charge is 0.280 e. The molecule has 9 nitrogen and oxygen atoms in total. The van der Waals surface area contributed by atoms with E-state index in [1.54, 1.807) is 19.2 Å². The van der Waals surface area contributed by atoms with E-state index in [-0.39, 0.29) is 29.3 Å². The quantitative estimate of drug-likeness (QED) is 0.394. The van der Waals surface area contributed by atoms with Gasteiger partial charge in [-0.1, -0.05) is 11.3 Å². The van der Waals surface area contributed by atoms with E-state index in [4.69, 9.17) is 4.74 Å². The Hall–Kier alpha value is -3.55. The molecule has 1 saturated heterocycles. The maximum atomic E-state index is 15.2. The standard InChI is InChI=1S/C22H23F5N8O/c1-11(19(24)25)35-15-8-12(4-5-14(15)30-32-35)17-13(23)9-34-18(17)20(36-3)29-21(31-34)28-16-6-7-33(2)10-22(16,26)27/h4-5,8-9,11,16,19H,6-7,10H2,1-3H3,(H,28,31)/t11-,16-/m1/s1. The third kappa shape index (κ3) is 4.08. The van der Waals surface area contributed by atoms with Gasteiger partial charge in [-0.2, -0.15) is 4.98 Å². The lowest BCUT2D eigenvalue weighted by Gasteiger charge is -2.36. The lowest BCUT2D eigenvalue weighted by molar-refractivity contribution is -0.0675. The van der Waals surface area contributed by atoms with Crippen molar-refractivity contribution in [3.05, 3.63) is 30.2 Å². The van der Waals surface area contributed by atoms with Crippen LogP contribution in [0.1, 0.15) is 19.4 Å². The number of nitrogens with zero attached hydrogens (tertiary/aromatic N) is 7. The highest BCUT2D eigenvalue weighted by Gasteiger charge is 2.44. The summed E-state index contributed by atoms with van der Waals surface area (Å²) in [5.41, 5.74) is 1.20. The fraction of sp³-hybridized carbons (Fsp3) is 0.455. The highest BCUT2D eigenvalue weighted by atomic mass is 19.3. The Kier molecular flexibility index (Phi) is 5.93. The molecule has 4 aromatic rings. The normalized spacial score (nSPS) is 19.3. The summed E-state index contributed by atoms with van der Waals surface area (Å²) >= 11 is 0. The molecule has 2 atom stereocenters. The van der Waals surface area contributed by atoms with Crippen LogP contribution in [0.15, 0.2) is 24.4 Å². The first kappa shape index (κ1) is 24.2. The largest absolute Gasteiger partial charge is 0.479 e. The summed E-state index contributed by atoms with van der Waals surface area (Å²) in [7, 11) is 2.94. The zero-order valence-corrected chi connectivity index (χ0v) is 19.6. The van der Waals surface area contributed by atoms with Crippen molar-refractivity contribution in [2.45, 2.75) is 37.8 Å². The van der Waals surface area contributed by atoms with Crippen LogP contribution in [-0.4, -0.2) is 80.1 Å². The van der Waals surface area contributed by atoms with E-state index < -0.39 is 36.8 Å². The van der Waals surface area contributed by atoms with Crippen LogP contribution in [0.3, 0.4) is 0 Å². The van der Waals surface area contributed by atoms with Gasteiger partial charge in [0.2, 0.25) is 11.8 Å². The molecule has 0 aliphatic carbocycles. The molecule has 0 radical (unpaired) electrons. The first-order chi connectivity index (χ1) is 17.1. The highest BCUT2D eigenvalue weighted by Crippen LogP contribution is 2.36. The molecule has 1 aliphatic heterocycles. The molecule has 192 valence electrons. The van der Waals surface area contributed by atoms with Crippen molar-refractivity contribution in [3.8, 4) is 17.0 Å². The van der Waals surface area contributed by atoms with Crippen molar-refractivity contribution in [1.29, 1.82) is 0 Å². The van der Waals surface area contributed by atoms with E-state index in [9.17, 15) is 17.6 Å². The molecule has 5 rings (SSSR count). The van der Waals surface area contributed by atoms with Gasteiger partial charge >= 0.3 is 0 Å². The van der Waals surface area contributed by atoms with Gasteiger partial charge in [0, 0.05) is 6.54 Å². The Morgan fingerprint density at radius 2 is 2.03 bits per heavy atom. The van der Waals surface area contributed by atoms with Gasteiger partial charge in [-0.15, -0.1) is 10.2 Å². The van der Waals surface area contributed by atoms with Crippen molar-refractivity contribution in [1.82, 2.24) is 34.5 Å². The second-order valence-electron chi connectivity index (χ2n) is 8.89. The molecule has 0 unspecified atom stereocenters. The molecule has 3 aromatic heterocycles. The molecular formula is C22H23F5N8O. The van der Waals surface area contributed by atoms with Crippen molar-refractivity contribution in [3.63, 3.8) is 0 Å². The summed E-state index contributed by atoms with van der Waals surface area (Å²) in [5, 5.41) is 14.6. The molecule has 4 heterocycles. The SMILES string of the molecule is COc1nc(N[C@@H]2CCN(C)CC2(F)F)nn2cc(F)c(-c3ccc4nnn([C@H](C)C(F)F)c4c3)c12. The summed E-state index contributed by atoms with van der Waals surface area (Å²) < 4.78 is 78.5. The first-order valence-corrected chi connectivity index (χ1v) is 11.2. The number of halogens is 5. The minimum Gasteiger partial charge on any atom is -0.479 e. The third-order valence-electron chi connectivity index (χ3n) is 6.35. The van der Waals surface area contributed by atoms with Crippen LogP contribution >= 0.6 is 0 Å². The van der Waals surface area contributed by atoms with Crippen LogP contribution in [0.25, 0.3) is 27.7 Å². The van der Waals surface area contributed by atoms with Gasteiger partial charge in [0.25, 0.3) is 12.3 Å². The maximum Gasteiger partial charge on any atom is 0.280 e. The average Bonchev–Trinajstić information content (AvgIpc) is 3.39. The number of methoxy groups -OCH3 is 1. The van der Waals surface area contributed by atoms with Crippen LogP contribution in [0.2, 0.25) is 0 Å².